The molecular weight excluding hydrogens is 296 g/mol. The lowest BCUT2D eigenvalue weighted by molar-refractivity contribution is 0.176. The van der Waals surface area contributed by atoms with Crippen LogP contribution in [0.4, 0.5) is 9.80 Å². The molecule has 0 radical (unpaired) electrons. The average Bonchev–Trinajstić information content (AvgIpc) is 3.05. The van der Waals surface area contributed by atoms with Gasteiger partial charge in [0.2, 0.25) is 0 Å². The number of aliphatic hydroxyl groups excluding tert-OH is 1. The molecular formula is C17H16N2O2S. The molecule has 0 bridgehead atoms. The van der Waals surface area contributed by atoms with Crippen LogP contribution in [0.25, 0.3) is 10.8 Å². The van der Waals surface area contributed by atoms with Crippen LogP contribution in [-0.2, 0) is 0 Å². The predicted molar refractivity (Wildman–Crippen MR) is 90.2 cm³/mol. The van der Waals surface area contributed by atoms with Crippen LogP contribution in [0.2, 0.25) is 0 Å². The zero-order valence-corrected chi connectivity index (χ0v) is 12.6. The number of aliphatic hydroxyl groups is 1. The average molecular weight is 312 g/mol. The highest BCUT2D eigenvalue weighted by molar-refractivity contribution is 7.14. The van der Waals surface area contributed by atoms with Crippen LogP contribution in [0.15, 0.2) is 60.0 Å². The predicted octanol–water partition coefficient (Wildman–Crippen LogP) is 3.76. The lowest BCUT2D eigenvalue weighted by Crippen LogP contribution is -2.32. The van der Waals surface area contributed by atoms with Crippen molar-refractivity contribution in [3.05, 3.63) is 65.5 Å². The number of fused-ring (bicyclic) bond motifs is 1. The molecule has 1 aromatic heterocycles. The second-order valence-corrected chi connectivity index (χ2v) is 5.84. The number of hydrogen-bond donors (Lipinski definition) is 3. The van der Waals surface area contributed by atoms with Crippen molar-refractivity contribution in [3.8, 4) is 0 Å². The molecule has 0 saturated carbocycles. The Morgan fingerprint density at radius 3 is 2.73 bits per heavy atom. The summed E-state index contributed by atoms with van der Waals surface area (Å²) in [6.07, 6.45) is -0.750. The standard InChI is InChI=1S/C17H16N2O2S/c20-15(11-18-17(21)19-16-9-4-10-22-16)14-8-3-6-12-5-1-2-7-13(12)14/h1-10,15,20H,11H2,(H2,18,19,21)/t15-/m1/s1. The number of nitrogens with one attached hydrogen (secondary N) is 2. The molecule has 3 rings (SSSR count). The van der Waals surface area contributed by atoms with Gasteiger partial charge in [-0.15, -0.1) is 11.3 Å². The first-order valence-corrected chi connectivity index (χ1v) is 7.86. The van der Waals surface area contributed by atoms with Crippen LogP contribution in [0.1, 0.15) is 11.7 Å². The lowest BCUT2D eigenvalue weighted by atomic mass is 10.0. The van der Waals surface area contributed by atoms with E-state index in [-0.39, 0.29) is 12.6 Å². The fraction of sp³-hybridized carbons (Fsp3) is 0.118. The Labute approximate surface area is 132 Å². The molecule has 0 aliphatic rings. The van der Waals surface area contributed by atoms with E-state index in [1.165, 1.54) is 11.3 Å². The quantitative estimate of drug-likeness (QED) is 0.687. The Morgan fingerprint density at radius 1 is 1.09 bits per heavy atom. The Morgan fingerprint density at radius 2 is 1.91 bits per heavy atom. The van der Waals surface area contributed by atoms with E-state index in [1.807, 2.05) is 60.0 Å². The number of rotatable bonds is 4. The van der Waals surface area contributed by atoms with Crippen LogP contribution >= 0.6 is 11.3 Å². The number of amides is 2. The van der Waals surface area contributed by atoms with E-state index >= 15 is 0 Å². The third-order valence-electron chi connectivity index (χ3n) is 3.40. The topological polar surface area (TPSA) is 61.4 Å². The van der Waals surface area contributed by atoms with Crippen LogP contribution in [0.3, 0.4) is 0 Å². The van der Waals surface area contributed by atoms with Crippen molar-refractivity contribution < 1.29 is 9.90 Å². The Balaban J connectivity index is 1.66. The molecule has 0 fully saturated rings. The molecule has 5 heteroatoms. The summed E-state index contributed by atoms with van der Waals surface area (Å²) < 4.78 is 0. The summed E-state index contributed by atoms with van der Waals surface area (Å²) in [6, 6.07) is 17.0. The lowest BCUT2D eigenvalue weighted by Gasteiger charge is -2.15. The molecule has 2 aromatic carbocycles. The molecule has 1 atom stereocenters. The first kappa shape index (κ1) is 14.6. The van der Waals surface area contributed by atoms with E-state index in [2.05, 4.69) is 10.6 Å². The number of thiophene rings is 1. The number of benzene rings is 2. The van der Waals surface area contributed by atoms with Crippen LogP contribution in [0.5, 0.6) is 0 Å². The molecule has 2 amide bonds. The fourth-order valence-corrected chi connectivity index (χ4v) is 2.96. The van der Waals surface area contributed by atoms with E-state index in [9.17, 15) is 9.90 Å². The van der Waals surface area contributed by atoms with Crippen molar-refractivity contribution in [2.75, 3.05) is 11.9 Å². The van der Waals surface area contributed by atoms with Gasteiger partial charge in [-0.25, -0.2) is 4.79 Å². The summed E-state index contributed by atoms with van der Waals surface area (Å²) in [5, 5.41) is 20.5. The summed E-state index contributed by atoms with van der Waals surface area (Å²) in [5.74, 6) is 0. The number of hydrogen-bond acceptors (Lipinski definition) is 3. The van der Waals surface area contributed by atoms with Crippen molar-refractivity contribution in [1.29, 1.82) is 0 Å². The van der Waals surface area contributed by atoms with Crippen molar-refractivity contribution in [2.24, 2.45) is 0 Å². The fourth-order valence-electron chi connectivity index (χ4n) is 2.35. The van der Waals surface area contributed by atoms with Gasteiger partial charge in [-0.1, -0.05) is 42.5 Å². The van der Waals surface area contributed by atoms with Crippen molar-refractivity contribution in [1.82, 2.24) is 5.32 Å². The summed E-state index contributed by atoms with van der Waals surface area (Å²) in [6.45, 7) is 0.158. The molecule has 1 heterocycles. The van der Waals surface area contributed by atoms with Gasteiger partial charge in [-0.3, -0.25) is 5.32 Å². The third-order valence-corrected chi connectivity index (χ3v) is 4.18. The van der Waals surface area contributed by atoms with Crippen LogP contribution in [0, 0.1) is 0 Å². The van der Waals surface area contributed by atoms with E-state index < -0.39 is 6.10 Å². The van der Waals surface area contributed by atoms with Crippen LogP contribution < -0.4 is 10.6 Å². The maximum Gasteiger partial charge on any atom is 0.319 e. The molecule has 3 aromatic rings. The molecule has 112 valence electrons. The van der Waals surface area contributed by atoms with Gasteiger partial charge in [0.15, 0.2) is 0 Å². The molecule has 0 unspecified atom stereocenters. The van der Waals surface area contributed by atoms with E-state index in [1.54, 1.807) is 0 Å². The highest BCUT2D eigenvalue weighted by atomic mass is 32.1. The Hall–Kier alpha value is -2.37. The first-order valence-electron chi connectivity index (χ1n) is 6.98. The molecule has 4 nitrogen and oxygen atoms in total. The monoisotopic (exact) mass is 312 g/mol. The summed E-state index contributed by atoms with van der Waals surface area (Å²) >= 11 is 1.45. The zero-order chi connectivity index (χ0) is 15.4. The summed E-state index contributed by atoms with van der Waals surface area (Å²) in [7, 11) is 0. The third kappa shape index (κ3) is 3.27. The number of anilines is 1. The van der Waals surface area contributed by atoms with Gasteiger partial charge in [0, 0.05) is 6.54 Å². The van der Waals surface area contributed by atoms with Gasteiger partial charge in [-0.05, 0) is 33.8 Å². The normalized spacial score (nSPS) is 12.0. The van der Waals surface area contributed by atoms with Crippen molar-refractivity contribution in [3.63, 3.8) is 0 Å². The van der Waals surface area contributed by atoms with Gasteiger partial charge in [0.05, 0.1) is 11.1 Å². The Kier molecular flexibility index (Phi) is 4.37. The molecule has 0 aliphatic heterocycles. The molecule has 22 heavy (non-hydrogen) atoms. The van der Waals surface area contributed by atoms with Gasteiger partial charge in [0.25, 0.3) is 0 Å². The van der Waals surface area contributed by atoms with Gasteiger partial charge >= 0.3 is 6.03 Å². The van der Waals surface area contributed by atoms with E-state index in [0.29, 0.717) is 0 Å². The SMILES string of the molecule is O=C(NC[C@@H](O)c1cccc2ccccc12)Nc1cccs1. The number of urea groups is 1. The summed E-state index contributed by atoms with van der Waals surface area (Å²) in [4.78, 5) is 11.8. The minimum atomic E-state index is -0.750. The molecule has 0 aliphatic carbocycles. The maximum atomic E-state index is 11.8. The van der Waals surface area contributed by atoms with Crippen LogP contribution in [-0.4, -0.2) is 17.7 Å². The largest absolute Gasteiger partial charge is 0.387 e. The second-order valence-electron chi connectivity index (χ2n) is 4.90. The number of carbonyl (C=O) groups excluding carboxylic acids is 1. The Bertz CT molecular complexity index is 766. The van der Waals surface area contributed by atoms with Crippen molar-refractivity contribution >= 4 is 33.1 Å². The highest BCUT2D eigenvalue weighted by Gasteiger charge is 2.12. The van der Waals surface area contributed by atoms with E-state index in [4.69, 9.17) is 0 Å². The number of carbonyl (C=O) groups is 1. The minimum Gasteiger partial charge on any atom is -0.387 e. The zero-order valence-electron chi connectivity index (χ0n) is 11.8. The van der Waals surface area contributed by atoms with E-state index in [0.717, 1.165) is 21.3 Å². The van der Waals surface area contributed by atoms with Crippen molar-refractivity contribution in [2.45, 2.75) is 6.10 Å². The molecule has 3 N–H and O–H groups in total. The highest BCUT2D eigenvalue weighted by Crippen LogP contribution is 2.23. The van der Waals surface area contributed by atoms with Gasteiger partial charge < -0.3 is 10.4 Å². The smallest absolute Gasteiger partial charge is 0.319 e. The van der Waals surface area contributed by atoms with Gasteiger partial charge in [0.1, 0.15) is 0 Å². The summed E-state index contributed by atoms with van der Waals surface area (Å²) in [5.41, 5.74) is 0.814. The molecule has 0 spiro atoms. The molecule has 0 saturated heterocycles. The van der Waals surface area contributed by atoms with Gasteiger partial charge in [-0.2, -0.15) is 0 Å². The second kappa shape index (κ2) is 6.60. The minimum absolute atomic E-state index is 0.158. The maximum absolute atomic E-state index is 11.8. The first-order chi connectivity index (χ1) is 10.7.